The van der Waals surface area contributed by atoms with Gasteiger partial charge in [-0.25, -0.2) is 13.4 Å². The third kappa shape index (κ3) is 2.91. The van der Waals surface area contributed by atoms with Crippen LogP contribution in [0.15, 0.2) is 35.6 Å². The highest BCUT2D eigenvalue weighted by molar-refractivity contribution is 7.90. The number of fused-ring (bicyclic) bond motifs is 2. The summed E-state index contributed by atoms with van der Waals surface area (Å²) in [6.07, 6.45) is 5.00. The molecule has 1 aliphatic rings. The van der Waals surface area contributed by atoms with Crippen molar-refractivity contribution in [1.82, 2.24) is 29.5 Å². The molecule has 0 aliphatic heterocycles. The van der Waals surface area contributed by atoms with Gasteiger partial charge in [0.25, 0.3) is 5.16 Å². The number of nitrogens with one attached hydrogen (secondary N) is 2. The highest BCUT2D eigenvalue weighted by Crippen LogP contribution is 2.41. The number of imidazole rings is 1. The molecule has 3 heterocycles. The van der Waals surface area contributed by atoms with Crippen LogP contribution in [0.2, 0.25) is 0 Å². The van der Waals surface area contributed by atoms with Gasteiger partial charge in [0, 0.05) is 11.8 Å². The lowest BCUT2D eigenvalue weighted by molar-refractivity contribution is 0.592. The summed E-state index contributed by atoms with van der Waals surface area (Å²) in [7, 11) is -3.55. The van der Waals surface area contributed by atoms with Crippen molar-refractivity contribution in [3.8, 4) is 0 Å². The minimum absolute atomic E-state index is 0.204. The summed E-state index contributed by atoms with van der Waals surface area (Å²) in [6.45, 7) is 0.350. The van der Waals surface area contributed by atoms with Crippen LogP contribution in [0.25, 0.3) is 16.7 Å². The molecule has 5 rings (SSSR count). The smallest absolute Gasteiger partial charge is 0.252 e. The van der Waals surface area contributed by atoms with Gasteiger partial charge in [0.1, 0.15) is 5.82 Å². The van der Waals surface area contributed by atoms with E-state index in [0.717, 1.165) is 41.5 Å². The van der Waals surface area contributed by atoms with Crippen molar-refractivity contribution < 1.29 is 8.42 Å². The first-order valence-electron chi connectivity index (χ1n) is 8.62. The second kappa shape index (κ2) is 5.74. The Bertz CT molecular complexity index is 1240. The number of hydrogen-bond donors (Lipinski definition) is 2. The van der Waals surface area contributed by atoms with Crippen LogP contribution in [0.1, 0.15) is 30.1 Å². The molecule has 10 heteroatoms. The standard InChI is InChI=1S/C17H17N7O2S/c1-27(25,26)17-22-15-11(10-6-7-10)8-19-24(15)16(23-17)18-9-14-20-12-4-2-3-5-13(12)21-14/h2-5,8,10H,6-7,9H2,1H3,(H,20,21)(H,18,22,23). The summed E-state index contributed by atoms with van der Waals surface area (Å²) in [5.41, 5.74) is 3.32. The van der Waals surface area contributed by atoms with Gasteiger partial charge in [0.2, 0.25) is 15.8 Å². The fourth-order valence-corrected chi connectivity index (χ4v) is 3.59. The van der Waals surface area contributed by atoms with Crippen molar-refractivity contribution in [1.29, 1.82) is 0 Å². The van der Waals surface area contributed by atoms with E-state index in [2.05, 4.69) is 30.4 Å². The molecule has 1 fully saturated rings. The lowest BCUT2D eigenvalue weighted by atomic mass is 10.2. The average molecular weight is 383 g/mol. The number of aromatic nitrogens is 6. The van der Waals surface area contributed by atoms with E-state index in [9.17, 15) is 8.42 Å². The summed E-state index contributed by atoms with van der Waals surface area (Å²) in [5, 5.41) is 7.30. The molecule has 0 radical (unpaired) electrons. The van der Waals surface area contributed by atoms with Crippen molar-refractivity contribution in [2.24, 2.45) is 0 Å². The Morgan fingerprint density at radius 3 is 2.78 bits per heavy atom. The molecule has 138 valence electrons. The van der Waals surface area contributed by atoms with Gasteiger partial charge < -0.3 is 10.3 Å². The number of aromatic amines is 1. The number of anilines is 1. The van der Waals surface area contributed by atoms with E-state index >= 15 is 0 Å². The molecule has 0 amide bonds. The van der Waals surface area contributed by atoms with Crippen LogP contribution in [-0.4, -0.2) is 44.2 Å². The summed E-state index contributed by atoms with van der Waals surface area (Å²) in [6, 6.07) is 7.74. The van der Waals surface area contributed by atoms with Crippen LogP contribution >= 0.6 is 0 Å². The van der Waals surface area contributed by atoms with Gasteiger partial charge in [-0.3, -0.25) is 0 Å². The number of para-hydroxylation sites is 2. The quantitative estimate of drug-likeness (QED) is 0.540. The van der Waals surface area contributed by atoms with Crippen LogP contribution in [0.5, 0.6) is 0 Å². The van der Waals surface area contributed by atoms with Gasteiger partial charge in [-0.15, -0.1) is 0 Å². The van der Waals surface area contributed by atoms with Crippen LogP contribution in [-0.2, 0) is 16.4 Å². The number of sulfone groups is 1. The molecule has 3 aromatic heterocycles. The summed E-state index contributed by atoms with van der Waals surface area (Å²) >= 11 is 0. The first-order valence-corrected chi connectivity index (χ1v) is 10.5. The van der Waals surface area contributed by atoms with E-state index in [1.54, 1.807) is 10.7 Å². The average Bonchev–Trinajstić information content (AvgIpc) is 3.25. The summed E-state index contributed by atoms with van der Waals surface area (Å²) in [4.78, 5) is 16.2. The SMILES string of the molecule is CS(=O)(=O)c1nc(NCc2nc3ccccc3[nH]2)n2ncc(C3CC3)c2n1. The fourth-order valence-electron chi connectivity index (χ4n) is 3.09. The number of hydrogen-bond acceptors (Lipinski definition) is 7. The van der Waals surface area contributed by atoms with Crippen LogP contribution < -0.4 is 5.32 Å². The Kier molecular flexibility index (Phi) is 3.44. The predicted octanol–water partition coefficient (Wildman–Crippen LogP) is 1.89. The van der Waals surface area contributed by atoms with Gasteiger partial charge >= 0.3 is 0 Å². The molecule has 27 heavy (non-hydrogen) atoms. The topological polar surface area (TPSA) is 118 Å². The summed E-state index contributed by atoms with van der Waals surface area (Å²) in [5.74, 6) is 1.44. The van der Waals surface area contributed by atoms with E-state index in [0.29, 0.717) is 24.1 Å². The number of nitrogens with zero attached hydrogens (tertiary/aromatic N) is 5. The van der Waals surface area contributed by atoms with Gasteiger partial charge in [0.05, 0.1) is 23.8 Å². The fraction of sp³-hybridized carbons (Fsp3) is 0.294. The number of rotatable bonds is 5. The Morgan fingerprint density at radius 1 is 1.22 bits per heavy atom. The maximum absolute atomic E-state index is 12.0. The van der Waals surface area contributed by atoms with Gasteiger partial charge in [-0.1, -0.05) is 12.1 Å². The van der Waals surface area contributed by atoms with Crippen LogP contribution in [0.3, 0.4) is 0 Å². The molecule has 0 atom stereocenters. The first kappa shape index (κ1) is 16.2. The maximum atomic E-state index is 12.0. The minimum atomic E-state index is -3.55. The van der Waals surface area contributed by atoms with Gasteiger partial charge in [-0.05, 0) is 30.9 Å². The molecular formula is C17H17N7O2S. The molecule has 1 saturated carbocycles. The molecule has 1 aliphatic carbocycles. The monoisotopic (exact) mass is 383 g/mol. The van der Waals surface area contributed by atoms with Crippen LogP contribution in [0.4, 0.5) is 5.95 Å². The lowest BCUT2D eigenvalue weighted by Crippen LogP contribution is -2.14. The van der Waals surface area contributed by atoms with Gasteiger partial charge in [-0.2, -0.15) is 19.6 Å². The molecule has 2 N–H and O–H groups in total. The van der Waals surface area contributed by atoms with Crippen molar-refractivity contribution in [3.63, 3.8) is 0 Å². The lowest BCUT2D eigenvalue weighted by Gasteiger charge is -2.08. The first-order chi connectivity index (χ1) is 13.0. The summed E-state index contributed by atoms with van der Waals surface area (Å²) < 4.78 is 25.6. The maximum Gasteiger partial charge on any atom is 0.252 e. The van der Waals surface area contributed by atoms with Crippen LogP contribution in [0, 0.1) is 0 Å². The predicted molar refractivity (Wildman–Crippen MR) is 99.3 cm³/mol. The molecule has 0 spiro atoms. The van der Waals surface area contributed by atoms with Crippen molar-refractivity contribution in [2.45, 2.75) is 30.5 Å². The highest BCUT2D eigenvalue weighted by atomic mass is 32.2. The Labute approximate surface area is 154 Å². The van der Waals surface area contributed by atoms with Crippen molar-refractivity contribution in [3.05, 3.63) is 41.9 Å². The molecule has 0 unspecified atom stereocenters. The van der Waals surface area contributed by atoms with Crippen molar-refractivity contribution >= 4 is 32.5 Å². The molecule has 4 aromatic rings. The van der Waals surface area contributed by atoms with E-state index in [4.69, 9.17) is 0 Å². The van der Waals surface area contributed by atoms with E-state index in [1.165, 1.54) is 0 Å². The molecular weight excluding hydrogens is 366 g/mol. The second-order valence-electron chi connectivity index (χ2n) is 6.77. The van der Waals surface area contributed by atoms with E-state index < -0.39 is 9.84 Å². The minimum Gasteiger partial charge on any atom is -0.347 e. The molecule has 0 bridgehead atoms. The Morgan fingerprint density at radius 2 is 2.04 bits per heavy atom. The number of benzene rings is 1. The zero-order chi connectivity index (χ0) is 18.6. The Balaban J connectivity index is 1.54. The van der Waals surface area contributed by atoms with E-state index in [1.807, 2.05) is 24.3 Å². The molecule has 9 nitrogen and oxygen atoms in total. The zero-order valence-electron chi connectivity index (χ0n) is 14.5. The molecule has 1 aromatic carbocycles. The highest BCUT2D eigenvalue weighted by Gasteiger charge is 2.29. The second-order valence-corrected chi connectivity index (χ2v) is 8.68. The third-order valence-corrected chi connectivity index (χ3v) is 5.42. The third-order valence-electron chi connectivity index (χ3n) is 4.58. The largest absolute Gasteiger partial charge is 0.347 e. The number of H-pyrrole nitrogens is 1. The zero-order valence-corrected chi connectivity index (χ0v) is 15.4. The Hall–Kier alpha value is -3.01. The normalized spacial score (nSPS) is 14.9. The van der Waals surface area contributed by atoms with Gasteiger partial charge in [0.15, 0.2) is 5.65 Å². The van der Waals surface area contributed by atoms with E-state index in [-0.39, 0.29) is 5.16 Å². The molecule has 0 saturated heterocycles. The van der Waals surface area contributed by atoms with Crippen molar-refractivity contribution in [2.75, 3.05) is 11.6 Å².